The molecule has 3 aromatic rings. The average Bonchev–Trinajstić information content (AvgIpc) is 3.03. The second kappa shape index (κ2) is 7.22. The Balaban J connectivity index is 1.91. The monoisotopic (exact) mass is 377 g/mol. The molecule has 0 saturated carbocycles. The summed E-state index contributed by atoms with van der Waals surface area (Å²) >= 11 is 0. The van der Waals surface area contributed by atoms with Crippen LogP contribution < -0.4 is 5.32 Å². The lowest BCUT2D eigenvalue weighted by Gasteiger charge is -2.12. The summed E-state index contributed by atoms with van der Waals surface area (Å²) in [5.41, 5.74) is 0.817. The highest BCUT2D eigenvalue weighted by molar-refractivity contribution is 6.06. The van der Waals surface area contributed by atoms with Crippen molar-refractivity contribution in [3.63, 3.8) is 0 Å². The second-order valence-electron chi connectivity index (χ2n) is 5.87. The number of para-hydroxylation sites is 1. The van der Waals surface area contributed by atoms with Crippen LogP contribution in [0.25, 0.3) is 11.1 Å². The zero-order valence-electron chi connectivity index (χ0n) is 14.2. The lowest BCUT2D eigenvalue weighted by atomic mass is 10.0. The van der Waals surface area contributed by atoms with Gasteiger partial charge >= 0.3 is 6.18 Å². The smallest absolute Gasteiger partial charge is 0.321 e. The van der Waals surface area contributed by atoms with Crippen LogP contribution in [0.4, 0.5) is 23.2 Å². The van der Waals surface area contributed by atoms with Crippen molar-refractivity contribution < 1.29 is 22.4 Å². The van der Waals surface area contributed by atoms with Crippen molar-refractivity contribution in [1.29, 1.82) is 0 Å². The third kappa shape index (κ3) is 3.99. The van der Waals surface area contributed by atoms with Crippen molar-refractivity contribution in [2.75, 3.05) is 5.32 Å². The maximum Gasteiger partial charge on any atom is 0.416 e. The number of halogens is 4. The fourth-order valence-electron chi connectivity index (χ4n) is 2.70. The molecule has 0 fully saturated rings. The van der Waals surface area contributed by atoms with Gasteiger partial charge in [-0.3, -0.25) is 9.48 Å². The van der Waals surface area contributed by atoms with E-state index in [9.17, 15) is 22.4 Å². The van der Waals surface area contributed by atoms with Crippen molar-refractivity contribution in [2.24, 2.45) is 7.05 Å². The van der Waals surface area contributed by atoms with Crippen LogP contribution in [0.5, 0.6) is 0 Å². The molecule has 0 aliphatic rings. The highest BCUT2D eigenvalue weighted by Gasteiger charge is 2.30. The lowest BCUT2D eigenvalue weighted by Crippen LogP contribution is -2.13. The van der Waals surface area contributed by atoms with Crippen LogP contribution in [0, 0.1) is 0 Å². The van der Waals surface area contributed by atoms with Gasteiger partial charge in [-0.1, -0.05) is 30.3 Å². The van der Waals surface area contributed by atoms with Gasteiger partial charge in [0, 0.05) is 24.5 Å². The highest BCUT2D eigenvalue weighted by atomic mass is 19.4. The zero-order valence-corrected chi connectivity index (χ0v) is 14.2. The topological polar surface area (TPSA) is 46.9 Å². The Morgan fingerprint density at radius 1 is 1.11 bits per heavy atom. The Morgan fingerprint density at radius 3 is 2.41 bits per heavy atom. The molecule has 0 radical (unpaired) electrons. The molecule has 4 nitrogen and oxygen atoms in total. The quantitative estimate of drug-likeness (QED) is 0.662. The first-order valence-electron chi connectivity index (χ1n) is 7.96. The van der Waals surface area contributed by atoms with E-state index in [-0.39, 0.29) is 11.3 Å². The number of anilines is 1. The Bertz CT molecular complexity index is 962. The fraction of sp³-hybridized carbons (Fsp3) is 0.158. The molecule has 3 rings (SSSR count). The summed E-state index contributed by atoms with van der Waals surface area (Å²) in [4.78, 5) is 12.5. The molecule has 1 heterocycles. The highest BCUT2D eigenvalue weighted by Crippen LogP contribution is 2.33. The summed E-state index contributed by atoms with van der Waals surface area (Å²) in [6.07, 6.45) is -3.01. The first kappa shape index (κ1) is 18.6. The van der Waals surface area contributed by atoms with Gasteiger partial charge in [0.15, 0.2) is 0 Å². The maximum absolute atomic E-state index is 13.0. The Kier molecular flexibility index (Phi) is 4.98. The van der Waals surface area contributed by atoms with E-state index < -0.39 is 24.3 Å². The maximum atomic E-state index is 13.0. The molecule has 2 aromatic carbocycles. The van der Waals surface area contributed by atoms with E-state index in [1.54, 1.807) is 31.3 Å². The van der Waals surface area contributed by atoms with Crippen LogP contribution in [0.3, 0.4) is 0 Å². The molecule has 1 aromatic heterocycles. The van der Waals surface area contributed by atoms with Crippen molar-refractivity contribution in [2.45, 2.75) is 12.9 Å². The van der Waals surface area contributed by atoms with Gasteiger partial charge in [-0.25, -0.2) is 4.39 Å². The number of carbonyl (C=O) groups excluding carboxylic acids is 1. The van der Waals surface area contributed by atoms with Gasteiger partial charge in [0.1, 0.15) is 12.4 Å². The second-order valence-corrected chi connectivity index (χ2v) is 5.87. The third-order valence-electron chi connectivity index (χ3n) is 3.97. The minimum Gasteiger partial charge on any atom is -0.321 e. The van der Waals surface area contributed by atoms with Crippen LogP contribution in [0.15, 0.2) is 54.7 Å². The number of aryl methyl sites for hydroxylation is 1. The van der Waals surface area contributed by atoms with Gasteiger partial charge in [-0.05, 0) is 23.8 Å². The van der Waals surface area contributed by atoms with Gasteiger partial charge in [0.05, 0.1) is 11.1 Å². The zero-order chi connectivity index (χ0) is 19.6. The Labute approximate surface area is 152 Å². The van der Waals surface area contributed by atoms with Crippen LogP contribution in [0.2, 0.25) is 0 Å². The molecule has 0 saturated heterocycles. The number of benzene rings is 2. The van der Waals surface area contributed by atoms with Crippen molar-refractivity contribution in [1.82, 2.24) is 9.78 Å². The number of hydrogen-bond donors (Lipinski definition) is 1. The number of amides is 1. The van der Waals surface area contributed by atoms with Crippen LogP contribution >= 0.6 is 0 Å². The molecule has 1 N–H and O–H groups in total. The summed E-state index contributed by atoms with van der Waals surface area (Å²) in [6.45, 7) is -0.885. The normalized spacial score (nSPS) is 11.4. The molecule has 0 aliphatic carbocycles. The molecule has 140 valence electrons. The number of aromatic nitrogens is 2. The standard InChI is InChI=1S/C19H15F4N3O/c1-26-11-15(17(10-20)25-26)18(27)24-16-5-3-2-4-14(16)12-6-8-13(9-7-12)19(21,22)23/h2-9,11H,10H2,1H3,(H,24,27). The molecule has 0 aliphatic heterocycles. The number of carbonyl (C=O) groups is 1. The van der Waals surface area contributed by atoms with Gasteiger partial charge < -0.3 is 5.32 Å². The van der Waals surface area contributed by atoms with Crippen molar-refractivity contribution in [3.05, 3.63) is 71.5 Å². The molecule has 27 heavy (non-hydrogen) atoms. The number of rotatable bonds is 4. The Hall–Kier alpha value is -3.16. The lowest BCUT2D eigenvalue weighted by molar-refractivity contribution is -0.137. The summed E-state index contributed by atoms with van der Waals surface area (Å²) in [7, 11) is 1.58. The molecule has 0 spiro atoms. The summed E-state index contributed by atoms with van der Waals surface area (Å²) in [6, 6.07) is 11.3. The molecule has 0 atom stereocenters. The van der Waals surface area contributed by atoms with E-state index in [1.807, 2.05) is 0 Å². The van der Waals surface area contributed by atoms with Crippen LogP contribution in [-0.4, -0.2) is 15.7 Å². The molecular weight excluding hydrogens is 362 g/mol. The van der Waals surface area contributed by atoms with Crippen LogP contribution in [0.1, 0.15) is 21.6 Å². The van der Waals surface area contributed by atoms with E-state index in [4.69, 9.17) is 0 Å². The van der Waals surface area contributed by atoms with Gasteiger partial charge in [-0.2, -0.15) is 18.3 Å². The number of hydrogen-bond acceptors (Lipinski definition) is 2. The molecule has 1 amide bonds. The van der Waals surface area contributed by atoms with Crippen molar-refractivity contribution >= 4 is 11.6 Å². The molecule has 0 bridgehead atoms. The molecule has 8 heteroatoms. The minimum absolute atomic E-state index is 0.0158. The number of nitrogens with one attached hydrogen (secondary N) is 1. The van der Waals surface area contributed by atoms with Crippen LogP contribution in [-0.2, 0) is 19.9 Å². The minimum atomic E-state index is -4.42. The third-order valence-corrected chi connectivity index (χ3v) is 3.97. The van der Waals surface area contributed by atoms with E-state index in [2.05, 4.69) is 10.4 Å². The first-order valence-corrected chi connectivity index (χ1v) is 7.96. The van der Waals surface area contributed by atoms with E-state index in [1.165, 1.54) is 23.0 Å². The van der Waals surface area contributed by atoms with Gasteiger partial charge in [0.25, 0.3) is 5.91 Å². The Morgan fingerprint density at radius 2 is 1.78 bits per heavy atom. The number of alkyl halides is 4. The summed E-state index contributed by atoms with van der Waals surface area (Å²) < 4.78 is 52.6. The first-order chi connectivity index (χ1) is 12.8. The van der Waals surface area contributed by atoms with E-state index in [0.29, 0.717) is 16.8 Å². The molecular formula is C19H15F4N3O. The predicted molar refractivity (Wildman–Crippen MR) is 92.9 cm³/mol. The fourth-order valence-corrected chi connectivity index (χ4v) is 2.70. The predicted octanol–water partition coefficient (Wildman–Crippen LogP) is 4.83. The van der Waals surface area contributed by atoms with Gasteiger partial charge in [0.2, 0.25) is 0 Å². The van der Waals surface area contributed by atoms with Crippen molar-refractivity contribution in [3.8, 4) is 11.1 Å². The summed E-state index contributed by atoms with van der Waals surface area (Å²) in [5, 5.41) is 6.56. The average molecular weight is 377 g/mol. The SMILES string of the molecule is Cn1cc(C(=O)Nc2ccccc2-c2ccc(C(F)(F)F)cc2)c(CF)n1. The largest absolute Gasteiger partial charge is 0.416 e. The number of nitrogens with zero attached hydrogens (tertiary/aromatic N) is 2. The molecule has 0 unspecified atom stereocenters. The summed E-state index contributed by atoms with van der Waals surface area (Å²) in [5.74, 6) is -0.546. The van der Waals surface area contributed by atoms with Gasteiger partial charge in [-0.15, -0.1) is 0 Å². The van der Waals surface area contributed by atoms with E-state index >= 15 is 0 Å². The van der Waals surface area contributed by atoms with E-state index in [0.717, 1.165) is 12.1 Å².